The molecular weight excluding hydrogens is 456 g/mol. The summed E-state index contributed by atoms with van der Waals surface area (Å²) in [6, 6.07) is 6.92. The smallest absolute Gasteiger partial charge is 0.336 e. The largest absolute Gasteiger partial charge is 0.419 e. The second-order valence-corrected chi connectivity index (χ2v) is 7.78. The fourth-order valence-electron chi connectivity index (χ4n) is 3.73. The summed E-state index contributed by atoms with van der Waals surface area (Å²) < 4.78 is 56.1. The van der Waals surface area contributed by atoms with E-state index in [-0.39, 0.29) is 30.4 Å². The molecule has 0 saturated carbocycles. The third-order valence-electron chi connectivity index (χ3n) is 5.11. The third kappa shape index (κ3) is 3.73. The van der Waals surface area contributed by atoms with Crippen LogP contribution in [0, 0.1) is 5.82 Å². The van der Waals surface area contributed by atoms with Crippen LogP contribution >= 0.6 is 15.9 Å². The molecule has 0 bridgehead atoms. The minimum absolute atomic E-state index is 0.0542. The van der Waals surface area contributed by atoms with Crippen molar-refractivity contribution in [2.45, 2.75) is 24.9 Å². The van der Waals surface area contributed by atoms with Crippen molar-refractivity contribution in [3.63, 3.8) is 0 Å². The van der Waals surface area contributed by atoms with Gasteiger partial charge in [-0.15, -0.1) is 10.2 Å². The van der Waals surface area contributed by atoms with E-state index in [0.717, 1.165) is 10.5 Å². The van der Waals surface area contributed by atoms with Gasteiger partial charge >= 0.3 is 6.18 Å². The molecule has 0 atom stereocenters. The summed E-state index contributed by atoms with van der Waals surface area (Å²) in [7, 11) is 0. The van der Waals surface area contributed by atoms with Crippen LogP contribution in [0.1, 0.15) is 40.5 Å². The van der Waals surface area contributed by atoms with Crippen molar-refractivity contribution in [2.24, 2.45) is 0 Å². The number of nitrogens with zero attached hydrogens (tertiary/aromatic N) is 4. The zero-order valence-electron chi connectivity index (χ0n) is 15.0. The van der Waals surface area contributed by atoms with Crippen LogP contribution in [-0.4, -0.2) is 38.5 Å². The van der Waals surface area contributed by atoms with Crippen molar-refractivity contribution >= 4 is 27.5 Å². The first kappa shape index (κ1) is 19.8. The molecular formula is C19H15BrF4N4O. The SMILES string of the molecule is O=C(c1nnc2ccc(Br)cn12)N1CCC(c2cccc(F)c2C(F)(F)F)CC1. The number of amides is 1. The molecule has 1 fully saturated rings. The summed E-state index contributed by atoms with van der Waals surface area (Å²) in [4.78, 5) is 14.4. The fourth-order valence-corrected chi connectivity index (χ4v) is 4.06. The van der Waals surface area contributed by atoms with Gasteiger partial charge < -0.3 is 4.90 Å². The molecule has 10 heteroatoms. The van der Waals surface area contributed by atoms with Crippen LogP contribution in [0.3, 0.4) is 0 Å². The molecule has 1 saturated heterocycles. The summed E-state index contributed by atoms with van der Waals surface area (Å²) in [6.07, 6.45) is -2.48. The highest BCUT2D eigenvalue weighted by Crippen LogP contribution is 2.40. The maximum Gasteiger partial charge on any atom is 0.419 e. The van der Waals surface area contributed by atoms with Gasteiger partial charge in [0.15, 0.2) is 5.65 Å². The Morgan fingerprint density at radius 1 is 1.10 bits per heavy atom. The van der Waals surface area contributed by atoms with Crippen LogP contribution in [0.5, 0.6) is 0 Å². The Kier molecular flexibility index (Phi) is 5.05. The fraction of sp³-hybridized carbons (Fsp3) is 0.316. The quantitative estimate of drug-likeness (QED) is 0.511. The number of hydrogen-bond donors (Lipinski definition) is 0. The van der Waals surface area contributed by atoms with E-state index in [1.165, 1.54) is 12.1 Å². The predicted molar refractivity (Wildman–Crippen MR) is 100.0 cm³/mol. The number of fused-ring (bicyclic) bond motifs is 1. The number of hydrogen-bond acceptors (Lipinski definition) is 3. The van der Waals surface area contributed by atoms with Gasteiger partial charge in [0.25, 0.3) is 5.91 Å². The molecule has 0 spiro atoms. The number of piperidine rings is 1. The Bertz CT molecular complexity index is 1070. The second-order valence-electron chi connectivity index (χ2n) is 6.87. The Morgan fingerprint density at radius 3 is 2.52 bits per heavy atom. The molecule has 0 aliphatic carbocycles. The molecule has 0 unspecified atom stereocenters. The molecule has 0 N–H and O–H groups in total. The lowest BCUT2D eigenvalue weighted by Gasteiger charge is -2.32. The first-order chi connectivity index (χ1) is 13.8. The zero-order valence-corrected chi connectivity index (χ0v) is 16.5. The molecule has 1 aromatic carbocycles. The van der Waals surface area contributed by atoms with Crippen molar-refractivity contribution in [2.75, 3.05) is 13.1 Å². The average molecular weight is 471 g/mol. The van der Waals surface area contributed by atoms with Gasteiger partial charge in [-0.3, -0.25) is 9.20 Å². The minimum Gasteiger partial charge on any atom is -0.336 e. The van der Waals surface area contributed by atoms with Crippen LogP contribution in [0.4, 0.5) is 17.6 Å². The van der Waals surface area contributed by atoms with E-state index in [9.17, 15) is 22.4 Å². The monoisotopic (exact) mass is 470 g/mol. The van der Waals surface area contributed by atoms with Gasteiger partial charge in [0, 0.05) is 23.8 Å². The van der Waals surface area contributed by atoms with E-state index >= 15 is 0 Å². The van der Waals surface area contributed by atoms with E-state index in [0.29, 0.717) is 18.5 Å². The zero-order chi connectivity index (χ0) is 20.8. The van der Waals surface area contributed by atoms with Gasteiger partial charge in [-0.2, -0.15) is 13.2 Å². The lowest BCUT2D eigenvalue weighted by molar-refractivity contribution is -0.140. The van der Waals surface area contributed by atoms with Crippen molar-refractivity contribution < 1.29 is 22.4 Å². The van der Waals surface area contributed by atoms with Crippen molar-refractivity contribution in [3.8, 4) is 0 Å². The van der Waals surface area contributed by atoms with E-state index in [1.54, 1.807) is 27.6 Å². The van der Waals surface area contributed by atoms with Gasteiger partial charge in [-0.1, -0.05) is 12.1 Å². The average Bonchev–Trinajstić information content (AvgIpc) is 3.09. The van der Waals surface area contributed by atoms with Gasteiger partial charge in [-0.05, 0) is 58.5 Å². The Hall–Kier alpha value is -2.49. The Balaban J connectivity index is 1.54. The summed E-state index contributed by atoms with van der Waals surface area (Å²) in [5, 5.41) is 7.91. The first-order valence-electron chi connectivity index (χ1n) is 8.91. The number of aromatic nitrogens is 3. The number of benzene rings is 1. The number of alkyl halides is 3. The predicted octanol–water partition coefficient (Wildman–Crippen LogP) is 4.67. The van der Waals surface area contributed by atoms with Gasteiger partial charge in [-0.25, -0.2) is 4.39 Å². The normalized spacial score (nSPS) is 15.8. The molecule has 1 aliphatic heterocycles. The topological polar surface area (TPSA) is 50.5 Å². The highest BCUT2D eigenvalue weighted by molar-refractivity contribution is 9.10. The number of carbonyl (C=O) groups is 1. The number of pyridine rings is 1. The molecule has 1 aliphatic rings. The highest BCUT2D eigenvalue weighted by atomic mass is 79.9. The van der Waals surface area contributed by atoms with Gasteiger partial charge in [0.1, 0.15) is 5.82 Å². The number of carbonyl (C=O) groups excluding carboxylic acids is 1. The standard InChI is InChI=1S/C19H15BrF4N4O/c20-12-4-5-15-25-26-17(28(15)10-12)18(29)27-8-6-11(7-9-27)13-2-1-3-14(21)16(13)19(22,23)24/h1-5,10-11H,6-9H2. The lowest BCUT2D eigenvalue weighted by atomic mass is 9.86. The maximum absolute atomic E-state index is 13.9. The summed E-state index contributed by atoms with van der Waals surface area (Å²) in [5.41, 5.74) is -0.749. The third-order valence-corrected chi connectivity index (χ3v) is 5.58. The molecule has 29 heavy (non-hydrogen) atoms. The van der Waals surface area contributed by atoms with E-state index in [2.05, 4.69) is 26.1 Å². The van der Waals surface area contributed by atoms with Crippen molar-refractivity contribution in [1.82, 2.24) is 19.5 Å². The molecule has 3 heterocycles. The summed E-state index contributed by atoms with van der Waals surface area (Å²) >= 11 is 3.33. The highest BCUT2D eigenvalue weighted by Gasteiger charge is 2.39. The van der Waals surface area contributed by atoms with Gasteiger partial charge in [0.05, 0.1) is 5.56 Å². The molecule has 4 rings (SSSR count). The molecule has 3 aromatic rings. The maximum atomic E-state index is 13.9. The van der Waals surface area contributed by atoms with E-state index in [1.807, 2.05) is 0 Å². The number of rotatable bonds is 2. The van der Waals surface area contributed by atoms with Crippen LogP contribution in [0.15, 0.2) is 41.0 Å². The van der Waals surface area contributed by atoms with Crippen molar-refractivity contribution in [1.29, 1.82) is 0 Å². The first-order valence-corrected chi connectivity index (χ1v) is 9.70. The Morgan fingerprint density at radius 2 is 1.83 bits per heavy atom. The van der Waals surface area contributed by atoms with Crippen LogP contribution < -0.4 is 0 Å². The van der Waals surface area contributed by atoms with E-state index in [4.69, 9.17) is 0 Å². The Labute approximate surface area is 171 Å². The molecule has 1 amide bonds. The van der Waals surface area contributed by atoms with Crippen LogP contribution in [-0.2, 0) is 6.18 Å². The van der Waals surface area contributed by atoms with Crippen LogP contribution in [0.25, 0.3) is 5.65 Å². The second kappa shape index (κ2) is 7.40. The molecule has 5 nitrogen and oxygen atoms in total. The summed E-state index contributed by atoms with van der Waals surface area (Å²) in [6.45, 7) is 0.500. The minimum atomic E-state index is -4.76. The summed E-state index contributed by atoms with van der Waals surface area (Å²) in [5.74, 6) is -1.95. The lowest BCUT2D eigenvalue weighted by Crippen LogP contribution is -2.39. The van der Waals surface area contributed by atoms with Gasteiger partial charge in [0.2, 0.25) is 5.82 Å². The van der Waals surface area contributed by atoms with Crippen molar-refractivity contribution in [3.05, 3.63) is 63.8 Å². The molecule has 152 valence electrons. The molecule has 2 aromatic heterocycles. The van der Waals surface area contributed by atoms with Crippen LogP contribution in [0.2, 0.25) is 0 Å². The van der Waals surface area contributed by atoms with E-state index < -0.39 is 23.5 Å². The number of likely N-dealkylation sites (tertiary alicyclic amines) is 1. The number of halogens is 5. The molecule has 0 radical (unpaired) electrons.